The molecule has 0 saturated carbocycles. The maximum absolute atomic E-state index is 2.48. The molecule has 2 aromatic heterocycles. The number of rotatable bonds is 2. The molecule has 1 aliphatic rings. The zero-order valence-electron chi connectivity index (χ0n) is 21.1. The van der Waals surface area contributed by atoms with Gasteiger partial charge in [0.25, 0.3) is 0 Å². The lowest BCUT2D eigenvalue weighted by atomic mass is 10.1. The van der Waals surface area contributed by atoms with Crippen molar-refractivity contribution in [1.82, 2.24) is 9.13 Å². The highest BCUT2D eigenvalue weighted by Gasteiger charge is 2.28. The van der Waals surface area contributed by atoms with Gasteiger partial charge in [0.05, 0.1) is 39.1 Å². The number of hydrogen-bond donors (Lipinski definition) is 0. The second kappa shape index (κ2) is 7.62. The van der Waals surface area contributed by atoms with E-state index < -0.39 is 0 Å². The summed E-state index contributed by atoms with van der Waals surface area (Å²) in [6.45, 7) is 0. The molecule has 1 aliphatic heterocycles. The molecule has 0 N–H and O–H groups in total. The van der Waals surface area contributed by atoms with Crippen LogP contribution in [0.5, 0.6) is 0 Å². The van der Waals surface area contributed by atoms with Crippen LogP contribution in [0.3, 0.4) is 0 Å². The third-order valence-electron chi connectivity index (χ3n) is 8.19. The fourth-order valence-corrected chi connectivity index (χ4v) is 6.62. The van der Waals surface area contributed by atoms with Gasteiger partial charge in [0, 0.05) is 32.9 Å². The summed E-state index contributed by atoms with van der Waals surface area (Å²) in [5, 5.41) is 5.07. The second-order valence-corrected chi connectivity index (χ2v) is 10.2. The van der Waals surface area contributed by atoms with Crippen LogP contribution in [-0.4, -0.2) is 9.13 Å². The van der Waals surface area contributed by atoms with Crippen molar-refractivity contribution in [3.63, 3.8) is 0 Å². The van der Waals surface area contributed by atoms with E-state index in [2.05, 4.69) is 154 Å². The molecule has 8 aromatic rings. The maximum Gasteiger partial charge on any atom is 0.0783 e. The van der Waals surface area contributed by atoms with E-state index in [9.17, 15) is 0 Å². The Bertz CT molecular complexity index is 2220. The minimum atomic E-state index is 1.17. The van der Waals surface area contributed by atoms with Gasteiger partial charge in [0.15, 0.2) is 0 Å². The highest BCUT2D eigenvalue weighted by atomic mass is 15.2. The van der Waals surface area contributed by atoms with Crippen LogP contribution in [-0.2, 0) is 0 Å². The smallest absolute Gasteiger partial charge is 0.0783 e. The van der Waals surface area contributed by atoms with Gasteiger partial charge >= 0.3 is 0 Å². The van der Waals surface area contributed by atoms with Gasteiger partial charge in [-0.15, -0.1) is 0 Å². The number of anilines is 3. The monoisotopic (exact) mass is 497 g/mol. The molecular formula is C36H23N3. The van der Waals surface area contributed by atoms with E-state index in [0.717, 1.165) is 0 Å². The van der Waals surface area contributed by atoms with Gasteiger partial charge in [-0.25, -0.2) is 0 Å². The van der Waals surface area contributed by atoms with Crippen molar-refractivity contribution in [2.45, 2.75) is 0 Å². The van der Waals surface area contributed by atoms with Crippen LogP contribution < -0.4 is 4.90 Å². The van der Waals surface area contributed by atoms with Crippen molar-refractivity contribution in [3.8, 4) is 11.4 Å². The van der Waals surface area contributed by atoms with Crippen molar-refractivity contribution in [1.29, 1.82) is 0 Å². The number of aromatic nitrogens is 2. The standard InChI is InChI=1S/C36H23N3/c1-3-12-24(13-4-1)37-30-18-8-7-16-26(30)28-22-35-29(23-34(28)37)27-17-11-21-33-36(27)39(35)32-20-10-9-19-31(32)38(33)25-14-5-2-6-15-25/h1-23H. The number of hydrogen-bond acceptors (Lipinski definition) is 1. The van der Waals surface area contributed by atoms with E-state index in [1.165, 1.54) is 72.0 Å². The third kappa shape index (κ3) is 2.71. The average Bonchev–Trinajstić information content (AvgIpc) is 3.50. The lowest BCUT2D eigenvalue weighted by molar-refractivity contribution is 1.11. The minimum Gasteiger partial charge on any atom is -0.309 e. The van der Waals surface area contributed by atoms with Crippen LogP contribution in [0, 0.1) is 0 Å². The molecule has 0 fully saturated rings. The molecule has 0 atom stereocenters. The largest absolute Gasteiger partial charge is 0.309 e. The number of fused-ring (bicyclic) bond motifs is 8. The zero-order chi connectivity index (χ0) is 25.5. The van der Waals surface area contributed by atoms with Crippen molar-refractivity contribution in [2.75, 3.05) is 4.90 Å². The number of para-hydroxylation sites is 6. The molecule has 3 heterocycles. The molecule has 6 aromatic carbocycles. The summed E-state index contributed by atoms with van der Waals surface area (Å²) in [5.41, 5.74) is 10.9. The molecule has 0 amide bonds. The summed E-state index contributed by atoms with van der Waals surface area (Å²) in [4.78, 5) is 2.40. The summed E-state index contributed by atoms with van der Waals surface area (Å²) < 4.78 is 4.88. The van der Waals surface area contributed by atoms with Crippen molar-refractivity contribution >= 4 is 60.7 Å². The topological polar surface area (TPSA) is 13.1 Å². The lowest BCUT2D eigenvalue weighted by Gasteiger charge is -2.33. The van der Waals surface area contributed by atoms with Gasteiger partial charge in [-0.2, -0.15) is 0 Å². The van der Waals surface area contributed by atoms with Crippen LogP contribution in [0.25, 0.3) is 55.0 Å². The Balaban J connectivity index is 1.47. The fourth-order valence-electron chi connectivity index (χ4n) is 6.62. The van der Waals surface area contributed by atoms with Crippen molar-refractivity contribution < 1.29 is 0 Å². The van der Waals surface area contributed by atoms with Crippen LogP contribution in [0.15, 0.2) is 140 Å². The molecule has 0 radical (unpaired) electrons. The quantitative estimate of drug-likeness (QED) is 0.232. The molecule has 9 rings (SSSR count). The number of benzene rings is 6. The average molecular weight is 498 g/mol. The van der Waals surface area contributed by atoms with E-state index in [1.54, 1.807) is 0 Å². The molecule has 0 bridgehead atoms. The van der Waals surface area contributed by atoms with Gasteiger partial charge in [-0.05, 0) is 60.7 Å². The first-order chi connectivity index (χ1) is 19.4. The van der Waals surface area contributed by atoms with Gasteiger partial charge in [0.2, 0.25) is 0 Å². The van der Waals surface area contributed by atoms with E-state index in [0.29, 0.717) is 0 Å². The molecule has 0 saturated heterocycles. The Morgan fingerprint density at radius 3 is 1.69 bits per heavy atom. The van der Waals surface area contributed by atoms with E-state index in [1.807, 2.05) is 0 Å². The third-order valence-corrected chi connectivity index (χ3v) is 8.19. The van der Waals surface area contributed by atoms with Crippen LogP contribution in [0.1, 0.15) is 0 Å². The second-order valence-electron chi connectivity index (χ2n) is 10.2. The first kappa shape index (κ1) is 20.7. The van der Waals surface area contributed by atoms with Gasteiger partial charge in [0.1, 0.15) is 0 Å². The normalized spacial score (nSPS) is 12.6. The summed E-state index contributed by atoms with van der Waals surface area (Å²) in [7, 11) is 0. The maximum atomic E-state index is 2.48. The Kier molecular flexibility index (Phi) is 4.05. The summed E-state index contributed by atoms with van der Waals surface area (Å²) in [6.07, 6.45) is 0. The highest BCUT2D eigenvalue weighted by Crippen LogP contribution is 2.50. The van der Waals surface area contributed by atoms with E-state index in [-0.39, 0.29) is 0 Å². The van der Waals surface area contributed by atoms with Crippen LogP contribution in [0.2, 0.25) is 0 Å². The molecule has 3 heteroatoms. The van der Waals surface area contributed by atoms with Crippen LogP contribution in [0.4, 0.5) is 17.1 Å². The lowest BCUT2D eigenvalue weighted by Crippen LogP contribution is -2.17. The first-order valence-corrected chi connectivity index (χ1v) is 13.4. The molecule has 0 spiro atoms. The summed E-state index contributed by atoms with van der Waals surface area (Å²) in [5.74, 6) is 0. The van der Waals surface area contributed by atoms with E-state index in [4.69, 9.17) is 0 Å². The molecular weight excluding hydrogens is 474 g/mol. The minimum absolute atomic E-state index is 1.17. The predicted molar refractivity (Wildman–Crippen MR) is 163 cm³/mol. The Labute approximate surface area is 225 Å². The van der Waals surface area contributed by atoms with Crippen molar-refractivity contribution in [3.05, 3.63) is 140 Å². The molecule has 0 unspecified atom stereocenters. The Morgan fingerprint density at radius 2 is 0.897 bits per heavy atom. The first-order valence-electron chi connectivity index (χ1n) is 13.4. The highest BCUT2D eigenvalue weighted by molar-refractivity contribution is 6.22. The van der Waals surface area contributed by atoms with Crippen molar-refractivity contribution in [2.24, 2.45) is 0 Å². The SMILES string of the molecule is c1ccc(N2c3ccccc3-n3c4cc5c6ccccc6n(-c6ccccc6)c5cc4c4cccc2c43)cc1. The van der Waals surface area contributed by atoms with Gasteiger partial charge < -0.3 is 14.0 Å². The van der Waals surface area contributed by atoms with E-state index >= 15 is 0 Å². The van der Waals surface area contributed by atoms with Gasteiger partial charge in [-0.3, -0.25) is 0 Å². The molecule has 39 heavy (non-hydrogen) atoms. The van der Waals surface area contributed by atoms with Crippen LogP contribution >= 0.6 is 0 Å². The Morgan fingerprint density at radius 1 is 0.333 bits per heavy atom. The fraction of sp³-hybridized carbons (Fsp3) is 0. The predicted octanol–water partition coefficient (Wildman–Crippen LogP) is 9.66. The van der Waals surface area contributed by atoms with Gasteiger partial charge in [-0.1, -0.05) is 78.9 Å². The molecule has 182 valence electrons. The summed E-state index contributed by atoms with van der Waals surface area (Å²) >= 11 is 0. The number of nitrogens with zero attached hydrogens (tertiary/aromatic N) is 3. The molecule has 3 nitrogen and oxygen atoms in total. The Hall–Kier alpha value is -5.28. The zero-order valence-corrected chi connectivity index (χ0v) is 21.1. The summed E-state index contributed by atoms with van der Waals surface area (Å²) in [6, 6.07) is 50.4. The molecule has 0 aliphatic carbocycles.